The lowest BCUT2D eigenvalue weighted by molar-refractivity contribution is -0.150. The smallest absolute Gasteiger partial charge is 0.310 e. The van der Waals surface area contributed by atoms with Gasteiger partial charge in [-0.3, -0.25) is 4.79 Å². The van der Waals surface area contributed by atoms with Gasteiger partial charge in [-0.2, -0.15) is 5.26 Å². The topological polar surface area (TPSA) is 50.1 Å². The van der Waals surface area contributed by atoms with E-state index in [0.29, 0.717) is 5.92 Å². The van der Waals surface area contributed by atoms with E-state index >= 15 is 0 Å². The van der Waals surface area contributed by atoms with Crippen molar-refractivity contribution >= 4 is 5.97 Å². The molecule has 72 valence electrons. The molecule has 0 amide bonds. The second kappa shape index (κ2) is 4.27. The van der Waals surface area contributed by atoms with E-state index in [1.165, 1.54) is 0 Å². The first kappa shape index (κ1) is 10.0. The van der Waals surface area contributed by atoms with Crippen molar-refractivity contribution in [3.05, 3.63) is 0 Å². The Balaban J connectivity index is 2.37. The molecule has 0 radical (unpaired) electrons. The van der Waals surface area contributed by atoms with Crippen molar-refractivity contribution in [2.24, 2.45) is 11.8 Å². The van der Waals surface area contributed by atoms with E-state index in [9.17, 15) is 4.79 Å². The molecule has 0 heterocycles. The number of carbonyl (C=O) groups is 1. The molecular formula is C10H15NO2. The molecule has 0 aromatic carbocycles. The normalized spacial score (nSPS) is 29.3. The molecule has 0 aromatic heterocycles. The molecule has 3 nitrogen and oxygen atoms in total. The predicted molar refractivity (Wildman–Crippen MR) is 47.7 cm³/mol. The Labute approximate surface area is 78.7 Å². The molecule has 0 saturated heterocycles. The summed E-state index contributed by atoms with van der Waals surface area (Å²) in [6.07, 6.45) is 2.32. The van der Waals surface area contributed by atoms with Crippen molar-refractivity contribution in [3.63, 3.8) is 0 Å². The van der Waals surface area contributed by atoms with Gasteiger partial charge in [0.1, 0.15) is 6.07 Å². The Morgan fingerprint density at radius 1 is 1.62 bits per heavy atom. The molecule has 1 rings (SSSR count). The van der Waals surface area contributed by atoms with Crippen LogP contribution in [0.3, 0.4) is 0 Å². The first-order valence-corrected chi connectivity index (χ1v) is 4.73. The Morgan fingerprint density at radius 3 is 2.77 bits per heavy atom. The zero-order valence-corrected chi connectivity index (χ0v) is 8.12. The van der Waals surface area contributed by atoms with E-state index < -0.39 is 6.10 Å². The number of ether oxygens (including phenoxy) is 1. The average molecular weight is 181 g/mol. The van der Waals surface area contributed by atoms with Crippen LogP contribution in [-0.2, 0) is 9.53 Å². The van der Waals surface area contributed by atoms with Crippen LogP contribution >= 0.6 is 0 Å². The first-order valence-electron chi connectivity index (χ1n) is 4.73. The number of hydrogen-bond donors (Lipinski definition) is 0. The quantitative estimate of drug-likeness (QED) is 0.611. The molecule has 0 aromatic rings. The molecule has 0 spiro atoms. The molecule has 3 unspecified atom stereocenters. The highest BCUT2D eigenvalue weighted by Gasteiger charge is 2.29. The van der Waals surface area contributed by atoms with E-state index in [1.807, 2.05) is 6.07 Å². The van der Waals surface area contributed by atoms with E-state index in [-0.39, 0.29) is 11.9 Å². The Morgan fingerprint density at radius 2 is 2.31 bits per heavy atom. The minimum Gasteiger partial charge on any atom is -0.447 e. The average Bonchev–Trinajstić information content (AvgIpc) is 2.51. The molecule has 13 heavy (non-hydrogen) atoms. The largest absolute Gasteiger partial charge is 0.447 e. The summed E-state index contributed by atoms with van der Waals surface area (Å²) in [5.74, 6) is 0.458. The Bertz CT molecular complexity index is 232. The maximum absolute atomic E-state index is 11.4. The van der Waals surface area contributed by atoms with Gasteiger partial charge < -0.3 is 4.74 Å². The lowest BCUT2D eigenvalue weighted by atomic mass is 10.1. The standard InChI is InChI=1S/C10H15NO2/c1-7-3-4-9(5-7)10(12)13-8(2)6-11/h7-9H,3-5H2,1-2H3. The van der Waals surface area contributed by atoms with Crippen molar-refractivity contribution in [2.45, 2.75) is 39.2 Å². The molecule has 0 bridgehead atoms. The highest BCUT2D eigenvalue weighted by molar-refractivity contribution is 5.73. The van der Waals surface area contributed by atoms with Gasteiger partial charge in [0.25, 0.3) is 0 Å². The van der Waals surface area contributed by atoms with Crippen molar-refractivity contribution < 1.29 is 9.53 Å². The van der Waals surface area contributed by atoms with Gasteiger partial charge in [0, 0.05) is 0 Å². The third-order valence-corrected chi connectivity index (χ3v) is 2.50. The van der Waals surface area contributed by atoms with Gasteiger partial charge in [0.2, 0.25) is 0 Å². The fourth-order valence-electron chi connectivity index (χ4n) is 1.72. The van der Waals surface area contributed by atoms with Gasteiger partial charge in [0.05, 0.1) is 5.92 Å². The van der Waals surface area contributed by atoms with Crippen LogP contribution in [0.2, 0.25) is 0 Å². The van der Waals surface area contributed by atoms with Crippen LogP contribution in [0, 0.1) is 23.2 Å². The van der Waals surface area contributed by atoms with Gasteiger partial charge in [-0.25, -0.2) is 0 Å². The van der Waals surface area contributed by atoms with Crippen LogP contribution in [0.15, 0.2) is 0 Å². The van der Waals surface area contributed by atoms with Crippen molar-refractivity contribution in [1.82, 2.24) is 0 Å². The van der Waals surface area contributed by atoms with Gasteiger partial charge in [-0.1, -0.05) is 6.92 Å². The zero-order chi connectivity index (χ0) is 9.84. The van der Waals surface area contributed by atoms with E-state index in [2.05, 4.69) is 6.92 Å². The third kappa shape index (κ3) is 2.73. The minimum atomic E-state index is -0.608. The molecular weight excluding hydrogens is 166 g/mol. The van der Waals surface area contributed by atoms with E-state index in [0.717, 1.165) is 19.3 Å². The molecule has 1 aliphatic rings. The van der Waals surface area contributed by atoms with Crippen LogP contribution in [-0.4, -0.2) is 12.1 Å². The highest BCUT2D eigenvalue weighted by atomic mass is 16.5. The number of nitrogens with zero attached hydrogens (tertiary/aromatic N) is 1. The molecule has 0 N–H and O–H groups in total. The lowest BCUT2D eigenvalue weighted by Gasteiger charge is -2.10. The fourth-order valence-corrected chi connectivity index (χ4v) is 1.72. The van der Waals surface area contributed by atoms with Crippen LogP contribution in [0.5, 0.6) is 0 Å². The summed E-state index contributed by atoms with van der Waals surface area (Å²) in [6, 6.07) is 1.89. The summed E-state index contributed by atoms with van der Waals surface area (Å²) < 4.78 is 4.93. The van der Waals surface area contributed by atoms with Gasteiger partial charge in [0.15, 0.2) is 6.10 Å². The van der Waals surface area contributed by atoms with Crippen molar-refractivity contribution in [1.29, 1.82) is 5.26 Å². The summed E-state index contributed by atoms with van der Waals surface area (Å²) in [5, 5.41) is 8.45. The summed E-state index contributed by atoms with van der Waals surface area (Å²) in [4.78, 5) is 11.4. The number of esters is 1. The summed E-state index contributed by atoms with van der Waals surface area (Å²) in [7, 11) is 0. The minimum absolute atomic E-state index is 0.0331. The molecule has 3 heteroatoms. The molecule has 0 aliphatic heterocycles. The maximum Gasteiger partial charge on any atom is 0.310 e. The number of nitriles is 1. The zero-order valence-electron chi connectivity index (χ0n) is 8.12. The Hall–Kier alpha value is -1.04. The molecule has 3 atom stereocenters. The summed E-state index contributed by atoms with van der Waals surface area (Å²) in [5.41, 5.74) is 0. The fraction of sp³-hybridized carbons (Fsp3) is 0.800. The number of carbonyl (C=O) groups excluding carboxylic acids is 1. The van der Waals surface area contributed by atoms with Gasteiger partial charge in [-0.15, -0.1) is 0 Å². The highest BCUT2D eigenvalue weighted by Crippen LogP contribution is 2.31. The van der Waals surface area contributed by atoms with E-state index in [1.54, 1.807) is 6.92 Å². The number of hydrogen-bond acceptors (Lipinski definition) is 3. The second-order valence-electron chi connectivity index (χ2n) is 3.82. The van der Waals surface area contributed by atoms with Gasteiger partial charge in [-0.05, 0) is 32.1 Å². The van der Waals surface area contributed by atoms with Crippen molar-refractivity contribution in [2.75, 3.05) is 0 Å². The van der Waals surface area contributed by atoms with Crippen LogP contribution in [0.4, 0.5) is 0 Å². The van der Waals surface area contributed by atoms with Crippen LogP contribution < -0.4 is 0 Å². The van der Waals surface area contributed by atoms with Gasteiger partial charge >= 0.3 is 5.97 Å². The number of rotatable bonds is 2. The summed E-state index contributed by atoms with van der Waals surface area (Å²) >= 11 is 0. The predicted octanol–water partition coefficient (Wildman–Crippen LogP) is 1.88. The van der Waals surface area contributed by atoms with Crippen molar-refractivity contribution in [3.8, 4) is 6.07 Å². The maximum atomic E-state index is 11.4. The van der Waals surface area contributed by atoms with Crippen LogP contribution in [0.25, 0.3) is 0 Å². The first-order chi connectivity index (χ1) is 6.13. The molecule has 1 fully saturated rings. The molecule has 1 aliphatic carbocycles. The SMILES string of the molecule is CC1CCC(C(=O)OC(C)C#N)C1. The third-order valence-electron chi connectivity index (χ3n) is 2.50. The molecule has 1 saturated carbocycles. The monoisotopic (exact) mass is 181 g/mol. The summed E-state index contributed by atoms with van der Waals surface area (Å²) in [6.45, 7) is 3.73. The lowest BCUT2D eigenvalue weighted by Crippen LogP contribution is -2.19. The van der Waals surface area contributed by atoms with Crippen LogP contribution in [0.1, 0.15) is 33.1 Å². The second-order valence-corrected chi connectivity index (χ2v) is 3.82. The van der Waals surface area contributed by atoms with E-state index in [4.69, 9.17) is 10.00 Å². The Kier molecular flexibility index (Phi) is 3.30.